The number of hydrogen-bond donors (Lipinski definition) is 1. The summed E-state index contributed by atoms with van der Waals surface area (Å²) in [6, 6.07) is 16.1. The molecule has 1 atom stereocenters. The maximum Gasteiger partial charge on any atom is 0.222 e. The number of carbonyl (C=O) groups is 1. The molecule has 1 aliphatic carbocycles. The minimum atomic E-state index is 0.0654. The van der Waals surface area contributed by atoms with E-state index in [1.54, 1.807) is 0 Å². The molecule has 0 spiro atoms. The Hall–Kier alpha value is -3.02. The largest absolute Gasteiger partial charge is 0.457 e. The molecule has 0 bridgehead atoms. The lowest BCUT2D eigenvalue weighted by Crippen LogP contribution is -2.38. The first-order chi connectivity index (χ1) is 16.7. The number of ether oxygens (including phenoxy) is 1. The third kappa shape index (κ3) is 6.36. The van der Waals surface area contributed by atoms with Crippen LogP contribution in [0.25, 0.3) is 11.0 Å². The van der Waals surface area contributed by atoms with Crippen LogP contribution >= 0.6 is 0 Å². The van der Waals surface area contributed by atoms with Crippen LogP contribution in [0.2, 0.25) is 0 Å². The van der Waals surface area contributed by atoms with Crippen molar-refractivity contribution in [1.29, 1.82) is 0 Å². The van der Waals surface area contributed by atoms with E-state index in [-0.39, 0.29) is 17.4 Å². The lowest BCUT2D eigenvalue weighted by molar-refractivity contribution is -0.132. The fraction of sp³-hybridized carbons (Fsp3) is 0.517. The highest BCUT2D eigenvalue weighted by molar-refractivity contribution is 5.80. The molecule has 6 heteroatoms. The van der Waals surface area contributed by atoms with Crippen LogP contribution in [0.3, 0.4) is 0 Å². The van der Waals surface area contributed by atoms with E-state index in [4.69, 9.17) is 10.5 Å². The number of carbonyl (C=O) groups excluding carboxylic acids is 1. The fourth-order valence-electron chi connectivity index (χ4n) is 5.33. The number of nitrogens with zero attached hydrogens (tertiary/aromatic N) is 3. The van der Waals surface area contributed by atoms with Crippen LogP contribution in [0.5, 0.6) is 11.5 Å². The second-order valence-electron chi connectivity index (χ2n) is 11.2. The van der Waals surface area contributed by atoms with Crippen LogP contribution in [0.1, 0.15) is 78.2 Å². The average molecular weight is 477 g/mol. The van der Waals surface area contributed by atoms with Gasteiger partial charge in [-0.15, -0.1) is 0 Å². The molecule has 1 heterocycles. The Balaban J connectivity index is 1.58. The van der Waals surface area contributed by atoms with Crippen molar-refractivity contribution in [3.63, 3.8) is 0 Å². The van der Waals surface area contributed by atoms with Gasteiger partial charge in [-0.1, -0.05) is 58.2 Å². The zero-order valence-electron chi connectivity index (χ0n) is 21.7. The van der Waals surface area contributed by atoms with Gasteiger partial charge in [0, 0.05) is 31.6 Å². The predicted molar refractivity (Wildman–Crippen MR) is 143 cm³/mol. The number of benzene rings is 2. The van der Waals surface area contributed by atoms with Crippen LogP contribution in [-0.2, 0) is 4.79 Å². The van der Waals surface area contributed by atoms with E-state index in [0.29, 0.717) is 18.4 Å². The van der Waals surface area contributed by atoms with E-state index in [9.17, 15) is 4.79 Å². The van der Waals surface area contributed by atoms with Crippen LogP contribution in [0.15, 0.2) is 48.5 Å². The highest BCUT2D eigenvalue weighted by Gasteiger charge is 2.27. The van der Waals surface area contributed by atoms with Gasteiger partial charge in [0.15, 0.2) is 0 Å². The average Bonchev–Trinajstić information content (AvgIpc) is 3.16. The molecule has 0 aliphatic heterocycles. The second kappa shape index (κ2) is 10.7. The highest BCUT2D eigenvalue weighted by atomic mass is 16.5. The van der Waals surface area contributed by atoms with Crippen LogP contribution < -0.4 is 10.5 Å². The van der Waals surface area contributed by atoms with Crippen molar-refractivity contribution >= 4 is 22.9 Å². The SMILES string of the molecule is CN(C(=O)CCC(CC(C)(C)C)n1c(N)nc2ccc(Oc3ccccc3)cc21)C1CCCCC1. The number of aromatic nitrogens is 2. The maximum absolute atomic E-state index is 13.1. The van der Waals surface area contributed by atoms with Gasteiger partial charge in [-0.3, -0.25) is 4.79 Å². The van der Waals surface area contributed by atoms with E-state index >= 15 is 0 Å². The highest BCUT2D eigenvalue weighted by Crippen LogP contribution is 2.36. The summed E-state index contributed by atoms with van der Waals surface area (Å²) in [5.74, 6) is 2.24. The monoisotopic (exact) mass is 476 g/mol. The number of nitrogen functional groups attached to an aromatic ring is 1. The van der Waals surface area contributed by atoms with Gasteiger partial charge < -0.3 is 19.9 Å². The lowest BCUT2D eigenvalue weighted by Gasteiger charge is -2.32. The Bertz CT molecular complexity index is 1130. The number of amides is 1. The molecule has 0 radical (unpaired) electrons. The third-order valence-electron chi connectivity index (χ3n) is 7.09. The molecule has 2 aromatic carbocycles. The van der Waals surface area contributed by atoms with Crippen molar-refractivity contribution in [2.24, 2.45) is 5.41 Å². The van der Waals surface area contributed by atoms with Gasteiger partial charge in [0.25, 0.3) is 0 Å². The molecule has 0 saturated heterocycles. The number of anilines is 1. The van der Waals surface area contributed by atoms with Gasteiger partial charge in [-0.05, 0) is 55.4 Å². The van der Waals surface area contributed by atoms with Crippen LogP contribution in [0.4, 0.5) is 5.95 Å². The summed E-state index contributed by atoms with van der Waals surface area (Å²) >= 11 is 0. The van der Waals surface area contributed by atoms with E-state index in [0.717, 1.165) is 48.2 Å². The summed E-state index contributed by atoms with van der Waals surface area (Å²) in [4.78, 5) is 19.8. The van der Waals surface area contributed by atoms with Crippen molar-refractivity contribution in [3.8, 4) is 11.5 Å². The van der Waals surface area contributed by atoms with Crippen LogP contribution in [0, 0.1) is 5.41 Å². The standard InChI is InChI=1S/C29H40N4O2/c1-29(2,3)20-22(15-18-27(34)32(4)21-11-7-5-8-12-21)33-26-19-24(16-17-25(26)31-28(33)30)35-23-13-9-6-10-14-23/h6,9-10,13-14,16-17,19,21-22H,5,7-8,11-12,15,18,20H2,1-4H3,(H2,30,31). The quantitative estimate of drug-likeness (QED) is 0.381. The van der Waals surface area contributed by atoms with Gasteiger partial charge in [0.1, 0.15) is 11.5 Å². The van der Waals surface area contributed by atoms with Crippen molar-refractivity contribution in [2.75, 3.05) is 12.8 Å². The number of nitrogens with two attached hydrogens (primary N) is 1. The Kier molecular flexibility index (Phi) is 7.68. The molecule has 1 saturated carbocycles. The third-order valence-corrected chi connectivity index (χ3v) is 7.09. The van der Waals surface area contributed by atoms with Gasteiger partial charge in [0.2, 0.25) is 11.9 Å². The molecule has 1 unspecified atom stereocenters. The minimum Gasteiger partial charge on any atom is -0.457 e. The fourth-order valence-corrected chi connectivity index (χ4v) is 5.33. The molecule has 2 N–H and O–H groups in total. The summed E-state index contributed by atoms with van der Waals surface area (Å²) in [5.41, 5.74) is 8.33. The Labute approximate surface area is 209 Å². The molecule has 1 aliphatic rings. The summed E-state index contributed by atoms with van der Waals surface area (Å²) in [7, 11) is 1.98. The second-order valence-corrected chi connectivity index (χ2v) is 11.2. The predicted octanol–water partition coefficient (Wildman–Crippen LogP) is 6.96. The van der Waals surface area contributed by atoms with Crippen molar-refractivity contribution in [3.05, 3.63) is 48.5 Å². The molecule has 35 heavy (non-hydrogen) atoms. The first-order valence-electron chi connectivity index (χ1n) is 13.0. The number of rotatable bonds is 8. The summed E-state index contributed by atoms with van der Waals surface area (Å²) in [6.45, 7) is 6.69. The van der Waals surface area contributed by atoms with E-state index in [1.165, 1.54) is 19.3 Å². The molecule has 6 nitrogen and oxygen atoms in total. The van der Waals surface area contributed by atoms with E-state index in [2.05, 4.69) is 30.3 Å². The molecule has 4 rings (SSSR count). The zero-order valence-corrected chi connectivity index (χ0v) is 21.7. The van der Waals surface area contributed by atoms with Crippen molar-refractivity contribution in [2.45, 2.75) is 84.2 Å². The number of fused-ring (bicyclic) bond motifs is 1. The van der Waals surface area contributed by atoms with E-state index < -0.39 is 0 Å². The topological polar surface area (TPSA) is 73.4 Å². The smallest absolute Gasteiger partial charge is 0.222 e. The first-order valence-corrected chi connectivity index (χ1v) is 13.0. The van der Waals surface area contributed by atoms with Crippen LogP contribution in [-0.4, -0.2) is 33.4 Å². The molecule has 1 amide bonds. The first kappa shape index (κ1) is 25.1. The summed E-state index contributed by atoms with van der Waals surface area (Å²) in [5, 5.41) is 0. The van der Waals surface area contributed by atoms with Gasteiger partial charge in [-0.2, -0.15) is 0 Å². The number of imidazole rings is 1. The molecule has 188 valence electrons. The van der Waals surface area contributed by atoms with E-state index in [1.807, 2.05) is 60.5 Å². The van der Waals surface area contributed by atoms with Crippen molar-refractivity contribution < 1.29 is 9.53 Å². The molecule has 1 fully saturated rings. The molecule has 1 aromatic heterocycles. The summed E-state index contributed by atoms with van der Waals surface area (Å²) < 4.78 is 8.20. The van der Waals surface area contributed by atoms with Gasteiger partial charge in [0.05, 0.1) is 11.0 Å². The number of hydrogen-bond acceptors (Lipinski definition) is 4. The lowest BCUT2D eigenvalue weighted by atomic mass is 9.86. The molecular formula is C29H40N4O2. The minimum absolute atomic E-state index is 0.0654. The summed E-state index contributed by atoms with van der Waals surface area (Å²) in [6.07, 6.45) is 8.11. The normalized spacial score (nSPS) is 15.8. The van der Waals surface area contributed by atoms with Gasteiger partial charge >= 0.3 is 0 Å². The van der Waals surface area contributed by atoms with Crippen molar-refractivity contribution in [1.82, 2.24) is 14.5 Å². The Morgan fingerprint density at radius 1 is 1.11 bits per heavy atom. The number of para-hydroxylation sites is 1. The Morgan fingerprint density at radius 2 is 1.83 bits per heavy atom. The van der Waals surface area contributed by atoms with Gasteiger partial charge in [-0.25, -0.2) is 4.98 Å². The Morgan fingerprint density at radius 3 is 2.51 bits per heavy atom. The molecular weight excluding hydrogens is 436 g/mol. The zero-order chi connectivity index (χ0) is 25.0. The maximum atomic E-state index is 13.1. The molecule has 3 aromatic rings.